The van der Waals surface area contributed by atoms with Crippen LogP contribution in [0.4, 0.5) is 5.13 Å². The third-order valence-electron chi connectivity index (χ3n) is 6.06. The molecule has 32 heavy (non-hydrogen) atoms. The number of hydrogen-bond acceptors (Lipinski definition) is 6. The fraction of sp³-hybridized carbons (Fsp3) is 0.375. The maximum Gasteiger partial charge on any atom is 0.279 e. The van der Waals surface area contributed by atoms with Crippen LogP contribution in [0.25, 0.3) is 15.9 Å². The average Bonchev–Trinajstić information content (AvgIpc) is 3.39. The number of carbonyl (C=O) groups excluding carboxylic acids is 1. The number of aryl methyl sites for hydroxylation is 3. The Morgan fingerprint density at radius 3 is 2.66 bits per heavy atom. The molecular formula is C24H27N5O2S. The largest absolute Gasteiger partial charge is 0.379 e. The van der Waals surface area contributed by atoms with E-state index in [9.17, 15) is 4.79 Å². The number of amides is 1. The molecule has 1 aliphatic heterocycles. The van der Waals surface area contributed by atoms with Gasteiger partial charge in [-0.2, -0.15) is 0 Å². The minimum Gasteiger partial charge on any atom is -0.379 e. The van der Waals surface area contributed by atoms with Crippen LogP contribution in [0.1, 0.15) is 27.3 Å². The Kier molecular flexibility index (Phi) is 5.67. The first kappa shape index (κ1) is 21.1. The Morgan fingerprint density at radius 2 is 1.88 bits per heavy atom. The summed E-state index contributed by atoms with van der Waals surface area (Å²) in [6.45, 7) is 10.6. The highest BCUT2D eigenvalue weighted by Gasteiger charge is 2.27. The van der Waals surface area contributed by atoms with Gasteiger partial charge < -0.3 is 4.74 Å². The second-order valence-electron chi connectivity index (χ2n) is 8.26. The molecule has 0 bridgehead atoms. The quantitative estimate of drug-likeness (QED) is 0.463. The highest BCUT2D eigenvalue weighted by Crippen LogP contribution is 2.34. The van der Waals surface area contributed by atoms with Gasteiger partial charge >= 0.3 is 0 Å². The Hall–Kier alpha value is -2.81. The maximum atomic E-state index is 13.9. The van der Waals surface area contributed by atoms with Gasteiger partial charge in [0.25, 0.3) is 5.91 Å². The van der Waals surface area contributed by atoms with Crippen molar-refractivity contribution >= 4 is 38.2 Å². The Labute approximate surface area is 191 Å². The minimum absolute atomic E-state index is 0.0659. The zero-order chi connectivity index (χ0) is 22.2. The van der Waals surface area contributed by atoms with Gasteiger partial charge in [-0.1, -0.05) is 29.5 Å². The van der Waals surface area contributed by atoms with Crippen LogP contribution in [0.5, 0.6) is 0 Å². The van der Waals surface area contributed by atoms with Gasteiger partial charge in [-0.25, -0.2) is 9.97 Å². The number of pyridine rings is 1. The molecule has 0 N–H and O–H groups in total. The molecule has 1 amide bonds. The number of imidazole rings is 1. The number of thiazole rings is 1. The molecule has 0 unspecified atom stereocenters. The number of ether oxygens (including phenoxy) is 1. The summed E-state index contributed by atoms with van der Waals surface area (Å²) < 4.78 is 8.50. The van der Waals surface area contributed by atoms with Crippen LogP contribution in [0.2, 0.25) is 0 Å². The van der Waals surface area contributed by atoms with E-state index >= 15 is 0 Å². The molecule has 1 fully saturated rings. The van der Waals surface area contributed by atoms with Gasteiger partial charge in [0.15, 0.2) is 5.13 Å². The zero-order valence-corrected chi connectivity index (χ0v) is 19.5. The summed E-state index contributed by atoms with van der Waals surface area (Å²) in [5.41, 5.74) is 5.38. The molecule has 166 valence electrons. The van der Waals surface area contributed by atoms with Crippen LogP contribution in [0.15, 0.2) is 36.5 Å². The first-order valence-corrected chi connectivity index (χ1v) is 11.8. The summed E-state index contributed by atoms with van der Waals surface area (Å²) in [7, 11) is 0. The van der Waals surface area contributed by atoms with E-state index in [1.807, 2.05) is 40.6 Å². The molecule has 3 aromatic heterocycles. The van der Waals surface area contributed by atoms with E-state index in [1.54, 1.807) is 11.3 Å². The van der Waals surface area contributed by atoms with Gasteiger partial charge in [0, 0.05) is 32.4 Å². The molecule has 8 heteroatoms. The van der Waals surface area contributed by atoms with E-state index in [-0.39, 0.29) is 5.91 Å². The van der Waals surface area contributed by atoms with Crippen molar-refractivity contribution in [2.24, 2.45) is 0 Å². The molecule has 7 nitrogen and oxygen atoms in total. The summed E-state index contributed by atoms with van der Waals surface area (Å²) in [6.07, 6.45) is 1.90. The van der Waals surface area contributed by atoms with Crippen molar-refractivity contribution in [3.63, 3.8) is 0 Å². The minimum atomic E-state index is -0.0659. The first-order valence-electron chi connectivity index (χ1n) is 11.0. The molecule has 4 heterocycles. The summed E-state index contributed by atoms with van der Waals surface area (Å²) >= 11 is 1.59. The van der Waals surface area contributed by atoms with Crippen molar-refractivity contribution in [3.05, 3.63) is 59.0 Å². The predicted molar refractivity (Wildman–Crippen MR) is 128 cm³/mol. The molecular weight excluding hydrogens is 422 g/mol. The Balaban J connectivity index is 1.56. The highest BCUT2D eigenvalue weighted by molar-refractivity contribution is 7.22. The molecule has 0 aliphatic carbocycles. The van der Waals surface area contributed by atoms with Crippen molar-refractivity contribution in [1.82, 2.24) is 19.3 Å². The molecule has 0 atom stereocenters. The second kappa shape index (κ2) is 8.61. The third-order valence-corrected chi connectivity index (χ3v) is 7.27. The number of hydrogen-bond donors (Lipinski definition) is 0. The zero-order valence-electron chi connectivity index (χ0n) is 18.7. The van der Waals surface area contributed by atoms with E-state index in [2.05, 4.69) is 35.9 Å². The van der Waals surface area contributed by atoms with Crippen LogP contribution >= 0.6 is 11.3 Å². The van der Waals surface area contributed by atoms with Crippen LogP contribution in [-0.4, -0.2) is 64.6 Å². The van der Waals surface area contributed by atoms with E-state index in [4.69, 9.17) is 9.72 Å². The lowest BCUT2D eigenvalue weighted by Gasteiger charge is -2.29. The molecule has 0 saturated carbocycles. The number of rotatable bonds is 5. The van der Waals surface area contributed by atoms with E-state index in [0.717, 1.165) is 65.1 Å². The van der Waals surface area contributed by atoms with Gasteiger partial charge in [0.2, 0.25) is 0 Å². The van der Waals surface area contributed by atoms with Gasteiger partial charge in [-0.15, -0.1) is 0 Å². The fourth-order valence-corrected chi connectivity index (χ4v) is 5.35. The monoisotopic (exact) mass is 449 g/mol. The summed E-state index contributed by atoms with van der Waals surface area (Å²) in [5, 5.41) is 0.737. The van der Waals surface area contributed by atoms with Crippen molar-refractivity contribution in [1.29, 1.82) is 0 Å². The first-order chi connectivity index (χ1) is 15.5. The van der Waals surface area contributed by atoms with Crippen molar-refractivity contribution in [3.8, 4) is 0 Å². The van der Waals surface area contributed by atoms with E-state index in [1.165, 1.54) is 5.56 Å². The lowest BCUT2D eigenvalue weighted by molar-refractivity contribution is 0.0391. The summed E-state index contributed by atoms with van der Waals surface area (Å²) in [5.74, 6) is -0.0659. The lowest BCUT2D eigenvalue weighted by Crippen LogP contribution is -2.43. The lowest BCUT2D eigenvalue weighted by atomic mass is 10.1. The van der Waals surface area contributed by atoms with Crippen molar-refractivity contribution in [2.75, 3.05) is 44.3 Å². The standard InChI is InChI=1S/C24H27N5O2S/c1-16-7-8-17(2)22-20(16)26-24(32-22)29(11-10-27-12-14-31-15-13-27)23(30)21-18(3)25-19-6-4-5-9-28(19)21/h4-9H,10-15H2,1-3H3. The predicted octanol–water partition coefficient (Wildman–Crippen LogP) is 3.85. The van der Waals surface area contributed by atoms with Crippen LogP contribution in [-0.2, 0) is 4.74 Å². The van der Waals surface area contributed by atoms with Gasteiger partial charge in [0.05, 0.1) is 29.1 Å². The SMILES string of the molecule is Cc1nc2ccccn2c1C(=O)N(CCN1CCOCC1)c1nc2c(C)ccc(C)c2s1. The number of benzene rings is 1. The third kappa shape index (κ3) is 3.79. The summed E-state index contributed by atoms with van der Waals surface area (Å²) in [6, 6.07) is 9.99. The van der Waals surface area contributed by atoms with Gasteiger partial charge in [-0.05, 0) is 44.0 Å². The molecule has 4 aromatic rings. The molecule has 0 radical (unpaired) electrons. The number of carbonyl (C=O) groups is 1. The van der Waals surface area contributed by atoms with Crippen molar-refractivity contribution in [2.45, 2.75) is 20.8 Å². The fourth-order valence-electron chi connectivity index (χ4n) is 4.21. The van der Waals surface area contributed by atoms with E-state index in [0.29, 0.717) is 12.2 Å². The molecule has 1 saturated heterocycles. The molecule has 0 spiro atoms. The Bertz CT molecular complexity index is 1250. The van der Waals surface area contributed by atoms with Crippen LogP contribution < -0.4 is 4.90 Å². The smallest absolute Gasteiger partial charge is 0.279 e. The Morgan fingerprint density at radius 1 is 1.09 bits per heavy atom. The number of aromatic nitrogens is 3. The summed E-state index contributed by atoms with van der Waals surface area (Å²) in [4.78, 5) is 27.7. The highest BCUT2D eigenvalue weighted by atomic mass is 32.1. The number of fused-ring (bicyclic) bond motifs is 2. The molecule has 1 aromatic carbocycles. The van der Waals surface area contributed by atoms with Crippen LogP contribution in [0.3, 0.4) is 0 Å². The van der Waals surface area contributed by atoms with Crippen LogP contribution in [0, 0.1) is 20.8 Å². The number of anilines is 1. The van der Waals surface area contributed by atoms with Gasteiger partial charge in [0.1, 0.15) is 11.3 Å². The van der Waals surface area contributed by atoms with E-state index < -0.39 is 0 Å². The normalized spacial score (nSPS) is 15.0. The van der Waals surface area contributed by atoms with Gasteiger partial charge in [-0.3, -0.25) is 19.0 Å². The molecule has 1 aliphatic rings. The number of nitrogens with zero attached hydrogens (tertiary/aromatic N) is 5. The van der Waals surface area contributed by atoms with Crippen molar-refractivity contribution < 1.29 is 9.53 Å². The second-order valence-corrected chi connectivity index (χ2v) is 9.24. The molecule has 5 rings (SSSR count). The average molecular weight is 450 g/mol. The maximum absolute atomic E-state index is 13.9. The topological polar surface area (TPSA) is 63.0 Å². The number of morpholine rings is 1.